The lowest BCUT2D eigenvalue weighted by Gasteiger charge is -2.11. The summed E-state index contributed by atoms with van der Waals surface area (Å²) in [4.78, 5) is 12.3. The molecule has 8 heteroatoms. The Bertz CT molecular complexity index is 1050. The van der Waals surface area contributed by atoms with Gasteiger partial charge in [-0.25, -0.2) is 0 Å². The fourth-order valence-corrected chi connectivity index (χ4v) is 4.06. The third-order valence-electron chi connectivity index (χ3n) is 4.72. The molecule has 0 spiro atoms. The zero-order chi connectivity index (χ0) is 21.7. The Hall–Kier alpha value is -2.51. The Morgan fingerprint density at radius 2 is 1.90 bits per heavy atom. The summed E-state index contributed by atoms with van der Waals surface area (Å²) >= 11 is 7.49. The number of rotatable bonds is 8. The van der Waals surface area contributed by atoms with Gasteiger partial charge in [0.1, 0.15) is 0 Å². The number of hydrogen-bond acceptors (Lipinski definition) is 5. The Morgan fingerprint density at radius 1 is 1.10 bits per heavy atom. The predicted octanol–water partition coefficient (Wildman–Crippen LogP) is 5.22. The monoisotopic (exact) mass is 443 g/mol. The van der Waals surface area contributed by atoms with Gasteiger partial charge in [-0.15, -0.1) is 10.2 Å². The Morgan fingerprint density at radius 3 is 2.60 bits per heavy atom. The number of carbonyl (C=O) groups excluding carboxylic acids is 1. The summed E-state index contributed by atoms with van der Waals surface area (Å²) in [5.41, 5.74) is 5.17. The first-order valence-corrected chi connectivity index (χ1v) is 11.2. The second kappa shape index (κ2) is 10.00. The van der Waals surface area contributed by atoms with Gasteiger partial charge in [0.25, 0.3) is 0 Å². The van der Waals surface area contributed by atoms with Crippen LogP contribution >= 0.6 is 23.4 Å². The molecule has 3 aromatic rings. The molecule has 1 aromatic heterocycles. The van der Waals surface area contributed by atoms with E-state index in [0.717, 1.165) is 28.8 Å². The molecule has 1 amide bonds. The number of nitrogens with one attached hydrogen (secondary N) is 2. The summed E-state index contributed by atoms with van der Waals surface area (Å²) in [5, 5.41) is 16.2. The average Bonchev–Trinajstić information content (AvgIpc) is 3.10. The lowest BCUT2D eigenvalue weighted by atomic mass is 10.1. The minimum atomic E-state index is -0.111. The van der Waals surface area contributed by atoms with E-state index in [0.29, 0.717) is 17.3 Å². The molecule has 1 heterocycles. The van der Waals surface area contributed by atoms with Gasteiger partial charge in [0, 0.05) is 22.9 Å². The highest BCUT2D eigenvalue weighted by molar-refractivity contribution is 7.99. The van der Waals surface area contributed by atoms with E-state index in [1.165, 1.54) is 22.9 Å². The van der Waals surface area contributed by atoms with Crippen LogP contribution in [0.4, 0.5) is 11.4 Å². The van der Waals surface area contributed by atoms with Crippen molar-refractivity contribution in [3.63, 3.8) is 0 Å². The molecule has 0 atom stereocenters. The predicted molar refractivity (Wildman–Crippen MR) is 124 cm³/mol. The lowest BCUT2D eigenvalue weighted by molar-refractivity contribution is -0.113. The van der Waals surface area contributed by atoms with Gasteiger partial charge < -0.3 is 15.2 Å². The first kappa shape index (κ1) is 22.2. The summed E-state index contributed by atoms with van der Waals surface area (Å²) in [6.07, 6.45) is 0. The SMILES string of the molecule is CCn1c(CNc2ccc(C)cc2C)nnc1SCC(=O)Nc1ccc(C)c(Cl)c1. The largest absolute Gasteiger partial charge is 0.378 e. The fourth-order valence-electron chi connectivity index (χ4n) is 3.06. The molecule has 0 bridgehead atoms. The van der Waals surface area contributed by atoms with E-state index in [4.69, 9.17) is 11.6 Å². The van der Waals surface area contributed by atoms with Crippen molar-refractivity contribution in [2.75, 3.05) is 16.4 Å². The van der Waals surface area contributed by atoms with Crippen LogP contribution in [0.15, 0.2) is 41.6 Å². The highest BCUT2D eigenvalue weighted by Crippen LogP contribution is 2.22. The number of aromatic nitrogens is 3. The molecular weight excluding hydrogens is 418 g/mol. The van der Waals surface area contributed by atoms with Gasteiger partial charge in [-0.05, 0) is 57.0 Å². The molecule has 0 aliphatic heterocycles. The number of anilines is 2. The van der Waals surface area contributed by atoms with Crippen molar-refractivity contribution in [2.24, 2.45) is 0 Å². The van der Waals surface area contributed by atoms with Gasteiger partial charge in [0.15, 0.2) is 11.0 Å². The van der Waals surface area contributed by atoms with Crippen LogP contribution < -0.4 is 10.6 Å². The lowest BCUT2D eigenvalue weighted by Crippen LogP contribution is -2.15. The van der Waals surface area contributed by atoms with Gasteiger partial charge in [0.05, 0.1) is 12.3 Å². The first-order valence-electron chi connectivity index (χ1n) is 9.79. The number of thioether (sulfide) groups is 1. The molecule has 6 nitrogen and oxygen atoms in total. The van der Waals surface area contributed by atoms with E-state index in [1.807, 2.05) is 30.5 Å². The minimum Gasteiger partial charge on any atom is -0.378 e. The number of aryl methyl sites for hydroxylation is 3. The second-order valence-corrected chi connectivity index (χ2v) is 8.47. The van der Waals surface area contributed by atoms with Crippen molar-refractivity contribution < 1.29 is 4.79 Å². The quantitative estimate of drug-likeness (QED) is 0.467. The van der Waals surface area contributed by atoms with Gasteiger partial charge in [-0.1, -0.05) is 47.1 Å². The van der Waals surface area contributed by atoms with E-state index >= 15 is 0 Å². The van der Waals surface area contributed by atoms with Crippen molar-refractivity contribution in [1.29, 1.82) is 0 Å². The number of amides is 1. The van der Waals surface area contributed by atoms with E-state index < -0.39 is 0 Å². The molecule has 0 fully saturated rings. The van der Waals surface area contributed by atoms with E-state index in [9.17, 15) is 4.79 Å². The highest BCUT2D eigenvalue weighted by Gasteiger charge is 2.14. The molecule has 0 saturated heterocycles. The summed E-state index contributed by atoms with van der Waals surface area (Å²) in [7, 11) is 0. The number of halogens is 1. The fraction of sp³-hybridized carbons (Fsp3) is 0.318. The molecule has 2 N–H and O–H groups in total. The van der Waals surface area contributed by atoms with Crippen LogP contribution in [-0.4, -0.2) is 26.4 Å². The maximum Gasteiger partial charge on any atom is 0.234 e. The van der Waals surface area contributed by atoms with Crippen LogP contribution in [0.3, 0.4) is 0 Å². The van der Waals surface area contributed by atoms with Crippen LogP contribution in [0.5, 0.6) is 0 Å². The van der Waals surface area contributed by atoms with Gasteiger partial charge in [-0.2, -0.15) is 0 Å². The molecule has 30 heavy (non-hydrogen) atoms. The molecule has 0 aliphatic rings. The molecule has 3 rings (SSSR count). The maximum atomic E-state index is 12.3. The Labute approximate surface area is 186 Å². The number of hydrogen-bond donors (Lipinski definition) is 2. The second-order valence-electron chi connectivity index (χ2n) is 7.12. The van der Waals surface area contributed by atoms with Gasteiger partial charge in [0.2, 0.25) is 5.91 Å². The topological polar surface area (TPSA) is 71.8 Å². The summed E-state index contributed by atoms with van der Waals surface area (Å²) in [6.45, 7) is 9.43. The van der Waals surface area contributed by atoms with Crippen LogP contribution in [0.1, 0.15) is 29.4 Å². The molecule has 158 valence electrons. The van der Waals surface area contributed by atoms with Gasteiger partial charge in [-0.3, -0.25) is 4.79 Å². The first-order chi connectivity index (χ1) is 14.4. The Balaban J connectivity index is 1.59. The summed E-state index contributed by atoms with van der Waals surface area (Å²) < 4.78 is 2.03. The molecular formula is C22H26ClN5OS. The Kier molecular flexibility index (Phi) is 7.39. The number of nitrogens with zero attached hydrogens (tertiary/aromatic N) is 3. The summed E-state index contributed by atoms with van der Waals surface area (Å²) in [5.74, 6) is 0.972. The standard InChI is InChI=1S/C22H26ClN5OS/c1-5-28-20(12-24-19-9-6-14(2)10-16(19)4)26-27-22(28)30-13-21(29)25-17-8-7-15(3)18(23)11-17/h6-11,24H,5,12-13H2,1-4H3,(H,25,29). The molecule has 0 aliphatic carbocycles. The van der Waals surface area contributed by atoms with Crippen molar-refractivity contribution in [3.8, 4) is 0 Å². The third kappa shape index (κ3) is 5.55. The number of carbonyl (C=O) groups is 1. The van der Waals surface area contributed by atoms with Crippen LogP contribution in [0.2, 0.25) is 5.02 Å². The van der Waals surface area contributed by atoms with E-state index in [2.05, 4.69) is 52.9 Å². The van der Waals surface area contributed by atoms with E-state index in [1.54, 1.807) is 6.07 Å². The van der Waals surface area contributed by atoms with Crippen LogP contribution in [-0.2, 0) is 17.9 Å². The molecule has 2 aromatic carbocycles. The van der Waals surface area contributed by atoms with E-state index in [-0.39, 0.29) is 11.7 Å². The molecule has 0 radical (unpaired) electrons. The molecule has 0 unspecified atom stereocenters. The average molecular weight is 444 g/mol. The van der Waals surface area contributed by atoms with Crippen molar-refractivity contribution in [3.05, 3.63) is 63.9 Å². The third-order valence-corrected chi connectivity index (χ3v) is 6.09. The minimum absolute atomic E-state index is 0.111. The zero-order valence-corrected chi connectivity index (χ0v) is 19.2. The maximum absolute atomic E-state index is 12.3. The zero-order valence-electron chi connectivity index (χ0n) is 17.6. The highest BCUT2D eigenvalue weighted by atomic mass is 35.5. The van der Waals surface area contributed by atoms with Crippen LogP contribution in [0.25, 0.3) is 0 Å². The molecule has 0 saturated carbocycles. The van der Waals surface area contributed by atoms with Gasteiger partial charge >= 0.3 is 0 Å². The smallest absolute Gasteiger partial charge is 0.234 e. The van der Waals surface area contributed by atoms with Crippen molar-refractivity contribution in [1.82, 2.24) is 14.8 Å². The van der Waals surface area contributed by atoms with Crippen LogP contribution in [0, 0.1) is 20.8 Å². The van der Waals surface area contributed by atoms with Crippen molar-refractivity contribution in [2.45, 2.75) is 45.9 Å². The van der Waals surface area contributed by atoms with Crippen molar-refractivity contribution >= 4 is 40.6 Å². The number of benzene rings is 2. The normalized spacial score (nSPS) is 10.8. The summed E-state index contributed by atoms with van der Waals surface area (Å²) in [6, 6.07) is 11.8.